The average Bonchev–Trinajstić information content (AvgIpc) is 2.58. The van der Waals surface area contributed by atoms with Crippen LogP contribution in [-0.2, 0) is 11.2 Å². The minimum absolute atomic E-state index is 0.272. The Kier molecular flexibility index (Phi) is 7.04. The average molecular weight is 329 g/mol. The minimum Gasteiger partial charge on any atom is -0.489 e. The number of amides is 2. The van der Waals surface area contributed by atoms with Crippen molar-refractivity contribution in [3.63, 3.8) is 0 Å². The molecule has 128 valence electrons. The van der Waals surface area contributed by atoms with Crippen molar-refractivity contribution in [1.82, 2.24) is 10.3 Å². The summed E-state index contributed by atoms with van der Waals surface area (Å²) in [4.78, 5) is 16.3. The third-order valence-corrected chi connectivity index (χ3v) is 3.32. The number of methoxy groups -OCH3 is 1. The summed E-state index contributed by atoms with van der Waals surface area (Å²) in [5.41, 5.74) is 2.63. The van der Waals surface area contributed by atoms with Crippen molar-refractivity contribution < 1.29 is 14.3 Å². The normalized spacial score (nSPS) is 10.2. The molecule has 0 saturated carbocycles. The zero-order chi connectivity index (χ0) is 17.2. The lowest BCUT2D eigenvalue weighted by Gasteiger charge is -2.13. The summed E-state index contributed by atoms with van der Waals surface area (Å²) < 4.78 is 10.6. The summed E-state index contributed by atoms with van der Waals surface area (Å²) in [5, 5.41) is 5.63. The third kappa shape index (κ3) is 5.89. The van der Waals surface area contributed by atoms with Crippen LogP contribution in [0.1, 0.15) is 11.3 Å². The number of benzene rings is 1. The van der Waals surface area contributed by atoms with Crippen LogP contribution < -0.4 is 15.4 Å². The zero-order valence-electron chi connectivity index (χ0n) is 14.0. The smallest absolute Gasteiger partial charge is 0.319 e. The molecule has 1 heterocycles. The van der Waals surface area contributed by atoms with Crippen LogP contribution in [0.2, 0.25) is 0 Å². The summed E-state index contributed by atoms with van der Waals surface area (Å²) in [5.74, 6) is 0.631. The molecule has 1 aromatic heterocycles. The number of nitrogens with zero attached hydrogens (tertiary/aromatic N) is 1. The largest absolute Gasteiger partial charge is 0.489 e. The number of nitrogens with one attached hydrogen (secondary N) is 2. The van der Waals surface area contributed by atoms with Gasteiger partial charge in [0.15, 0.2) is 0 Å². The first-order valence-corrected chi connectivity index (χ1v) is 7.86. The summed E-state index contributed by atoms with van der Waals surface area (Å²) in [6.45, 7) is 3.40. The lowest BCUT2D eigenvalue weighted by Crippen LogP contribution is -2.30. The first-order chi connectivity index (χ1) is 11.7. The predicted octanol–water partition coefficient (Wildman–Crippen LogP) is 2.78. The molecule has 2 N–H and O–H groups in total. The highest BCUT2D eigenvalue weighted by molar-refractivity contribution is 5.90. The summed E-state index contributed by atoms with van der Waals surface area (Å²) in [7, 11) is 1.62. The molecule has 2 aromatic rings. The second-order valence-corrected chi connectivity index (χ2v) is 5.29. The Hall–Kier alpha value is -2.60. The summed E-state index contributed by atoms with van der Waals surface area (Å²) in [6, 6.07) is 11.1. The number of pyridine rings is 1. The van der Waals surface area contributed by atoms with Crippen molar-refractivity contribution in [2.24, 2.45) is 0 Å². The number of anilines is 1. The van der Waals surface area contributed by atoms with Gasteiger partial charge in [0.2, 0.25) is 0 Å². The fourth-order valence-corrected chi connectivity index (χ4v) is 2.10. The van der Waals surface area contributed by atoms with E-state index in [9.17, 15) is 4.79 Å². The SMILES string of the molecule is COCCOc1cc(C)ccc1NC(=O)NCCc1ccccn1. The monoisotopic (exact) mass is 329 g/mol. The molecule has 2 rings (SSSR count). The molecule has 0 unspecified atom stereocenters. The number of aryl methyl sites for hydroxylation is 1. The number of rotatable bonds is 8. The lowest BCUT2D eigenvalue weighted by atomic mass is 10.2. The van der Waals surface area contributed by atoms with Gasteiger partial charge in [0.25, 0.3) is 0 Å². The molecule has 0 saturated heterocycles. The van der Waals surface area contributed by atoms with Crippen LogP contribution in [0.3, 0.4) is 0 Å². The standard InChI is InChI=1S/C18H23N3O3/c1-14-6-7-16(17(13-14)24-12-11-23-2)21-18(22)20-10-8-15-5-3-4-9-19-15/h3-7,9,13H,8,10-12H2,1-2H3,(H2,20,21,22). The first kappa shape index (κ1) is 17.7. The van der Waals surface area contributed by atoms with Crippen molar-refractivity contribution in [2.75, 3.05) is 32.2 Å². The van der Waals surface area contributed by atoms with E-state index in [1.807, 2.05) is 43.3 Å². The third-order valence-electron chi connectivity index (χ3n) is 3.32. The lowest BCUT2D eigenvalue weighted by molar-refractivity contribution is 0.146. The summed E-state index contributed by atoms with van der Waals surface area (Å²) >= 11 is 0. The molecule has 0 aliphatic heterocycles. The molecule has 0 aliphatic carbocycles. The van der Waals surface area contributed by atoms with Crippen LogP contribution in [0.4, 0.5) is 10.5 Å². The van der Waals surface area contributed by atoms with Gasteiger partial charge in [-0.2, -0.15) is 0 Å². The Bertz CT molecular complexity index is 647. The fourth-order valence-electron chi connectivity index (χ4n) is 2.10. The van der Waals surface area contributed by atoms with Gasteiger partial charge in [-0.25, -0.2) is 4.79 Å². The topological polar surface area (TPSA) is 72.5 Å². The number of hydrogen-bond donors (Lipinski definition) is 2. The molecule has 0 aliphatic rings. The van der Waals surface area contributed by atoms with E-state index in [2.05, 4.69) is 15.6 Å². The number of ether oxygens (including phenoxy) is 2. The van der Waals surface area contributed by atoms with Crippen molar-refractivity contribution in [1.29, 1.82) is 0 Å². The van der Waals surface area contributed by atoms with Crippen LogP contribution in [0.5, 0.6) is 5.75 Å². The number of carbonyl (C=O) groups is 1. The van der Waals surface area contributed by atoms with Crippen molar-refractivity contribution in [3.8, 4) is 5.75 Å². The van der Waals surface area contributed by atoms with Gasteiger partial charge in [-0.05, 0) is 36.8 Å². The molecule has 0 atom stereocenters. The van der Waals surface area contributed by atoms with E-state index in [-0.39, 0.29) is 6.03 Å². The van der Waals surface area contributed by atoms with Crippen molar-refractivity contribution in [2.45, 2.75) is 13.3 Å². The van der Waals surface area contributed by atoms with Gasteiger partial charge >= 0.3 is 6.03 Å². The van der Waals surface area contributed by atoms with E-state index in [4.69, 9.17) is 9.47 Å². The quantitative estimate of drug-likeness (QED) is 0.731. The second kappa shape index (κ2) is 9.52. The molecule has 24 heavy (non-hydrogen) atoms. The predicted molar refractivity (Wildman–Crippen MR) is 93.5 cm³/mol. The number of urea groups is 1. The van der Waals surface area contributed by atoms with Crippen LogP contribution >= 0.6 is 0 Å². The molecule has 2 amide bonds. The number of hydrogen-bond acceptors (Lipinski definition) is 4. The Morgan fingerprint density at radius 1 is 1.21 bits per heavy atom. The van der Waals surface area contributed by atoms with Crippen molar-refractivity contribution >= 4 is 11.7 Å². The van der Waals surface area contributed by atoms with E-state index >= 15 is 0 Å². The Labute approximate surface area is 142 Å². The maximum atomic E-state index is 12.0. The van der Waals surface area contributed by atoms with Gasteiger partial charge in [-0.3, -0.25) is 4.98 Å². The van der Waals surface area contributed by atoms with Crippen molar-refractivity contribution in [3.05, 3.63) is 53.9 Å². The molecule has 0 fully saturated rings. The van der Waals surface area contributed by atoms with Crippen LogP contribution in [-0.4, -0.2) is 37.9 Å². The highest BCUT2D eigenvalue weighted by Crippen LogP contribution is 2.25. The van der Waals surface area contributed by atoms with Gasteiger partial charge in [-0.15, -0.1) is 0 Å². The number of aromatic nitrogens is 1. The molecular weight excluding hydrogens is 306 g/mol. The van der Waals surface area contributed by atoms with E-state index in [1.165, 1.54) is 0 Å². The maximum Gasteiger partial charge on any atom is 0.319 e. The zero-order valence-corrected chi connectivity index (χ0v) is 14.0. The Morgan fingerprint density at radius 2 is 2.08 bits per heavy atom. The van der Waals surface area contributed by atoms with E-state index in [0.29, 0.717) is 37.6 Å². The second-order valence-electron chi connectivity index (χ2n) is 5.29. The Balaban J connectivity index is 1.86. The molecule has 1 aromatic carbocycles. The van der Waals surface area contributed by atoms with Gasteiger partial charge in [0.05, 0.1) is 12.3 Å². The minimum atomic E-state index is -0.272. The highest BCUT2D eigenvalue weighted by atomic mass is 16.5. The fraction of sp³-hybridized carbons (Fsp3) is 0.333. The molecule has 0 radical (unpaired) electrons. The van der Waals surface area contributed by atoms with E-state index in [0.717, 1.165) is 11.3 Å². The first-order valence-electron chi connectivity index (χ1n) is 7.86. The Morgan fingerprint density at radius 3 is 2.83 bits per heavy atom. The van der Waals surface area contributed by atoms with E-state index in [1.54, 1.807) is 13.3 Å². The molecule has 0 spiro atoms. The van der Waals surface area contributed by atoms with Crippen LogP contribution in [0, 0.1) is 6.92 Å². The van der Waals surface area contributed by atoms with Gasteiger partial charge in [0.1, 0.15) is 12.4 Å². The van der Waals surface area contributed by atoms with Gasteiger partial charge < -0.3 is 20.1 Å². The van der Waals surface area contributed by atoms with Gasteiger partial charge in [0, 0.05) is 32.0 Å². The molecule has 0 bridgehead atoms. The number of carbonyl (C=O) groups excluding carboxylic acids is 1. The van der Waals surface area contributed by atoms with Crippen LogP contribution in [0.25, 0.3) is 0 Å². The molecule has 6 heteroatoms. The van der Waals surface area contributed by atoms with E-state index < -0.39 is 0 Å². The molecular formula is C18H23N3O3. The highest BCUT2D eigenvalue weighted by Gasteiger charge is 2.08. The van der Waals surface area contributed by atoms with Gasteiger partial charge in [-0.1, -0.05) is 12.1 Å². The summed E-state index contributed by atoms with van der Waals surface area (Å²) in [6.07, 6.45) is 2.42. The van der Waals surface area contributed by atoms with Crippen LogP contribution in [0.15, 0.2) is 42.6 Å². The molecule has 6 nitrogen and oxygen atoms in total. The maximum absolute atomic E-state index is 12.0.